The van der Waals surface area contributed by atoms with E-state index in [1.165, 1.54) is 12.1 Å². The van der Waals surface area contributed by atoms with Crippen molar-refractivity contribution in [2.45, 2.75) is 13.3 Å². The van der Waals surface area contributed by atoms with E-state index in [9.17, 15) is 9.18 Å². The Labute approximate surface area is 162 Å². The summed E-state index contributed by atoms with van der Waals surface area (Å²) in [5.74, 6) is -0.209. The summed E-state index contributed by atoms with van der Waals surface area (Å²) in [6.45, 7) is 4.81. The second-order valence-corrected chi connectivity index (χ2v) is 7.38. The fraction of sp³-hybridized carbons (Fsp3) is 0.286. The molecule has 1 amide bonds. The van der Waals surface area contributed by atoms with Crippen molar-refractivity contribution >= 4 is 34.1 Å². The average Bonchev–Trinajstić information content (AvgIpc) is 2.97. The summed E-state index contributed by atoms with van der Waals surface area (Å²) in [4.78, 5) is 20.2. The van der Waals surface area contributed by atoms with Gasteiger partial charge in [-0.25, -0.2) is 4.39 Å². The Morgan fingerprint density at radius 2 is 1.93 bits per heavy atom. The molecule has 1 fully saturated rings. The van der Waals surface area contributed by atoms with E-state index in [4.69, 9.17) is 11.6 Å². The number of halogens is 2. The van der Waals surface area contributed by atoms with Gasteiger partial charge in [-0.3, -0.25) is 4.79 Å². The Hall–Kier alpha value is -2.53. The summed E-state index contributed by atoms with van der Waals surface area (Å²) in [6, 6.07) is 12.4. The van der Waals surface area contributed by atoms with Gasteiger partial charge in [0.2, 0.25) is 5.91 Å². The predicted molar refractivity (Wildman–Crippen MR) is 107 cm³/mol. The first-order valence-electron chi connectivity index (χ1n) is 9.06. The number of aromatic nitrogens is 1. The first kappa shape index (κ1) is 17.9. The molecule has 0 aliphatic carbocycles. The van der Waals surface area contributed by atoms with Crippen LogP contribution >= 0.6 is 11.6 Å². The van der Waals surface area contributed by atoms with Crippen molar-refractivity contribution in [3.05, 3.63) is 64.6 Å². The van der Waals surface area contributed by atoms with Gasteiger partial charge in [0.25, 0.3) is 0 Å². The molecule has 0 atom stereocenters. The molecule has 3 aromatic rings. The third kappa shape index (κ3) is 3.65. The number of aryl methyl sites for hydroxylation is 1. The third-order valence-corrected chi connectivity index (χ3v) is 5.45. The zero-order valence-electron chi connectivity index (χ0n) is 15.1. The van der Waals surface area contributed by atoms with Crippen LogP contribution < -0.4 is 4.90 Å². The molecule has 4 rings (SSSR count). The van der Waals surface area contributed by atoms with Crippen molar-refractivity contribution in [3.8, 4) is 0 Å². The molecule has 0 saturated carbocycles. The molecule has 6 heteroatoms. The number of piperazine rings is 1. The van der Waals surface area contributed by atoms with E-state index in [2.05, 4.69) is 9.88 Å². The molecule has 1 aliphatic heterocycles. The van der Waals surface area contributed by atoms with Gasteiger partial charge in [0.05, 0.1) is 6.42 Å². The summed E-state index contributed by atoms with van der Waals surface area (Å²) in [5, 5.41) is 1.51. The van der Waals surface area contributed by atoms with Gasteiger partial charge < -0.3 is 14.8 Å². The van der Waals surface area contributed by atoms with Crippen molar-refractivity contribution in [2.75, 3.05) is 31.1 Å². The summed E-state index contributed by atoms with van der Waals surface area (Å²) in [5.41, 5.74) is 3.74. The monoisotopic (exact) mass is 385 g/mol. The minimum Gasteiger partial charge on any atom is -0.368 e. The molecule has 0 bridgehead atoms. The van der Waals surface area contributed by atoms with Crippen LogP contribution in [0.2, 0.25) is 5.02 Å². The number of amides is 1. The highest BCUT2D eigenvalue weighted by Gasteiger charge is 2.23. The average molecular weight is 386 g/mol. The van der Waals surface area contributed by atoms with E-state index in [0.717, 1.165) is 40.9 Å². The first-order chi connectivity index (χ1) is 13.0. The molecule has 27 heavy (non-hydrogen) atoms. The number of hydrogen-bond donors (Lipinski definition) is 1. The van der Waals surface area contributed by atoms with Gasteiger partial charge in [0, 0.05) is 53.5 Å². The van der Waals surface area contributed by atoms with Crippen LogP contribution in [0.5, 0.6) is 0 Å². The molecule has 1 N–H and O–H groups in total. The molecule has 0 unspecified atom stereocenters. The maximum Gasteiger partial charge on any atom is 0.227 e. The van der Waals surface area contributed by atoms with Gasteiger partial charge >= 0.3 is 0 Å². The van der Waals surface area contributed by atoms with E-state index in [0.29, 0.717) is 18.1 Å². The molecule has 0 spiro atoms. The number of anilines is 1. The maximum atomic E-state index is 13.6. The number of nitrogens with one attached hydrogen (secondary N) is 1. The Morgan fingerprint density at radius 1 is 1.15 bits per heavy atom. The van der Waals surface area contributed by atoms with Crippen LogP contribution in [0.4, 0.5) is 10.1 Å². The standard InChI is InChI=1S/C21H21ClFN3O/c1-14-18(19-12-16(23)5-6-20(19)24-14)13-21(27)26-9-7-25(8-10-26)17-4-2-3-15(22)11-17/h2-6,11-12,24H,7-10,13H2,1H3. The van der Waals surface area contributed by atoms with E-state index < -0.39 is 0 Å². The van der Waals surface area contributed by atoms with Crippen molar-refractivity contribution < 1.29 is 9.18 Å². The number of H-pyrrole nitrogens is 1. The molecular weight excluding hydrogens is 365 g/mol. The highest BCUT2D eigenvalue weighted by Crippen LogP contribution is 2.25. The molecular formula is C21H21ClFN3O. The minimum atomic E-state index is -0.287. The summed E-state index contributed by atoms with van der Waals surface area (Å²) < 4.78 is 13.6. The van der Waals surface area contributed by atoms with Gasteiger partial charge in [0.15, 0.2) is 0 Å². The predicted octanol–water partition coefficient (Wildman–Crippen LogP) is 4.16. The lowest BCUT2D eigenvalue weighted by Gasteiger charge is -2.36. The lowest BCUT2D eigenvalue weighted by atomic mass is 10.1. The fourth-order valence-electron chi connectivity index (χ4n) is 3.73. The number of carbonyl (C=O) groups excluding carboxylic acids is 1. The quantitative estimate of drug-likeness (QED) is 0.735. The summed E-state index contributed by atoms with van der Waals surface area (Å²) >= 11 is 6.08. The minimum absolute atomic E-state index is 0.0778. The second kappa shape index (κ2) is 7.24. The van der Waals surface area contributed by atoms with Gasteiger partial charge in [0.1, 0.15) is 5.82 Å². The van der Waals surface area contributed by atoms with Crippen LogP contribution in [0.15, 0.2) is 42.5 Å². The Morgan fingerprint density at radius 3 is 2.67 bits per heavy atom. The number of aromatic amines is 1. The van der Waals surface area contributed by atoms with Crippen LogP contribution in [0.1, 0.15) is 11.3 Å². The number of rotatable bonds is 3. The van der Waals surface area contributed by atoms with Gasteiger partial charge in [-0.05, 0) is 48.9 Å². The van der Waals surface area contributed by atoms with Crippen LogP contribution in [-0.4, -0.2) is 42.0 Å². The van der Waals surface area contributed by atoms with Gasteiger partial charge in [-0.2, -0.15) is 0 Å². The van der Waals surface area contributed by atoms with E-state index >= 15 is 0 Å². The molecule has 1 aromatic heterocycles. The maximum absolute atomic E-state index is 13.6. The SMILES string of the molecule is Cc1[nH]c2ccc(F)cc2c1CC(=O)N1CCN(c2cccc(Cl)c2)CC1. The number of benzene rings is 2. The van der Waals surface area contributed by atoms with E-state index in [-0.39, 0.29) is 18.1 Å². The molecule has 2 aromatic carbocycles. The normalized spacial score (nSPS) is 14.8. The zero-order chi connectivity index (χ0) is 19.0. The smallest absolute Gasteiger partial charge is 0.227 e. The van der Waals surface area contributed by atoms with E-state index in [1.807, 2.05) is 36.1 Å². The zero-order valence-corrected chi connectivity index (χ0v) is 15.9. The number of hydrogen-bond acceptors (Lipinski definition) is 2. The molecule has 4 nitrogen and oxygen atoms in total. The third-order valence-electron chi connectivity index (χ3n) is 5.22. The Balaban J connectivity index is 1.44. The summed E-state index contributed by atoms with van der Waals surface area (Å²) in [6.07, 6.45) is 0.284. The largest absolute Gasteiger partial charge is 0.368 e. The van der Waals surface area contributed by atoms with E-state index in [1.54, 1.807) is 6.07 Å². The first-order valence-corrected chi connectivity index (χ1v) is 9.44. The van der Waals surface area contributed by atoms with Crippen LogP contribution in [0.3, 0.4) is 0 Å². The highest BCUT2D eigenvalue weighted by atomic mass is 35.5. The topological polar surface area (TPSA) is 39.3 Å². The highest BCUT2D eigenvalue weighted by molar-refractivity contribution is 6.30. The molecule has 0 radical (unpaired) electrons. The molecule has 140 valence electrons. The molecule has 1 aliphatic rings. The van der Waals surface area contributed by atoms with Gasteiger partial charge in [-0.15, -0.1) is 0 Å². The lowest BCUT2D eigenvalue weighted by molar-refractivity contribution is -0.130. The molecule has 2 heterocycles. The number of nitrogens with zero attached hydrogens (tertiary/aromatic N) is 2. The Kier molecular flexibility index (Phi) is 4.79. The van der Waals surface area contributed by atoms with Gasteiger partial charge in [-0.1, -0.05) is 17.7 Å². The second-order valence-electron chi connectivity index (χ2n) is 6.94. The Bertz CT molecular complexity index is 992. The lowest BCUT2D eigenvalue weighted by Crippen LogP contribution is -2.49. The summed E-state index contributed by atoms with van der Waals surface area (Å²) in [7, 11) is 0. The van der Waals surface area contributed by atoms with Crippen LogP contribution in [-0.2, 0) is 11.2 Å². The fourth-order valence-corrected chi connectivity index (χ4v) is 3.92. The molecule has 1 saturated heterocycles. The van der Waals surface area contributed by atoms with Crippen molar-refractivity contribution in [2.24, 2.45) is 0 Å². The van der Waals surface area contributed by atoms with Crippen molar-refractivity contribution in [1.29, 1.82) is 0 Å². The van der Waals surface area contributed by atoms with Crippen LogP contribution in [0, 0.1) is 12.7 Å². The number of carbonyl (C=O) groups is 1. The number of fused-ring (bicyclic) bond motifs is 1. The van der Waals surface area contributed by atoms with Crippen molar-refractivity contribution in [3.63, 3.8) is 0 Å². The van der Waals surface area contributed by atoms with Crippen molar-refractivity contribution in [1.82, 2.24) is 9.88 Å². The van der Waals surface area contributed by atoms with Crippen LogP contribution in [0.25, 0.3) is 10.9 Å².